The van der Waals surface area contributed by atoms with Gasteiger partial charge in [0.25, 0.3) is 0 Å². The predicted molar refractivity (Wildman–Crippen MR) is 115 cm³/mol. The molecular formula is C20H21N5O9. The molecule has 0 radical (unpaired) electrons. The smallest absolute Gasteiger partial charge is 0.337 e. The Morgan fingerprint density at radius 2 is 1.91 bits per heavy atom. The van der Waals surface area contributed by atoms with Crippen molar-refractivity contribution in [3.05, 3.63) is 26.9 Å². The largest absolute Gasteiger partial charge is 0.463 e. The molecule has 4 atom stereocenters. The fraction of sp³-hybridized carbons (Fsp3) is 0.450. The molecule has 0 unspecified atom stereocenters. The number of H-pyrrole nitrogens is 1. The van der Waals surface area contributed by atoms with Gasteiger partial charge in [-0.05, 0) is 0 Å². The molecule has 0 aromatic carbocycles. The van der Waals surface area contributed by atoms with E-state index in [-0.39, 0.29) is 30.2 Å². The molecule has 14 heteroatoms. The fourth-order valence-corrected chi connectivity index (χ4v) is 3.77. The first-order valence-electron chi connectivity index (χ1n) is 10.3. The van der Waals surface area contributed by atoms with Crippen LogP contribution in [0.2, 0.25) is 0 Å². The second-order valence-corrected chi connectivity index (χ2v) is 7.52. The number of carbonyl (C=O) groups excluding carboxylic acids is 3. The zero-order valence-corrected chi connectivity index (χ0v) is 18.4. The molecule has 1 fully saturated rings. The Kier molecular flexibility index (Phi) is 6.15. The van der Waals surface area contributed by atoms with Gasteiger partial charge in [-0.25, -0.2) is 4.99 Å². The van der Waals surface area contributed by atoms with Crippen molar-refractivity contribution >= 4 is 46.8 Å². The van der Waals surface area contributed by atoms with Crippen LogP contribution in [0.5, 0.6) is 0 Å². The Bertz CT molecular complexity index is 1310. The van der Waals surface area contributed by atoms with Crippen LogP contribution in [0.1, 0.15) is 33.4 Å². The Labute approximate surface area is 190 Å². The summed E-state index contributed by atoms with van der Waals surface area (Å²) in [5.41, 5.74) is -1.73. The van der Waals surface area contributed by atoms with Crippen molar-refractivity contribution in [2.75, 3.05) is 11.9 Å². The number of anilines is 1. The van der Waals surface area contributed by atoms with Crippen LogP contribution in [-0.2, 0) is 33.3 Å². The first kappa shape index (κ1) is 23.1. The maximum Gasteiger partial charge on any atom is 0.337 e. The lowest BCUT2D eigenvalue weighted by Crippen LogP contribution is -2.40. The lowest BCUT2D eigenvalue weighted by atomic mass is 10.1. The summed E-state index contributed by atoms with van der Waals surface area (Å²) in [5, 5.41) is 3.04. The molecule has 34 heavy (non-hydrogen) atoms. The van der Waals surface area contributed by atoms with E-state index in [1.165, 1.54) is 30.9 Å². The first-order valence-corrected chi connectivity index (χ1v) is 10.3. The van der Waals surface area contributed by atoms with E-state index in [1.54, 1.807) is 6.92 Å². The highest BCUT2D eigenvalue weighted by Crippen LogP contribution is 2.41. The lowest BCUT2D eigenvalue weighted by molar-refractivity contribution is -0.167. The number of rotatable bonds is 6. The molecule has 0 bridgehead atoms. The molecule has 0 aliphatic carbocycles. The number of nitrogens with one attached hydrogen (secondary N) is 2. The summed E-state index contributed by atoms with van der Waals surface area (Å²) < 4.78 is 23.5. The number of ether oxygens (including phenoxy) is 4. The molecule has 2 aliphatic rings. The van der Waals surface area contributed by atoms with Crippen molar-refractivity contribution in [1.82, 2.24) is 14.5 Å². The molecule has 1 saturated heterocycles. The summed E-state index contributed by atoms with van der Waals surface area (Å²) in [6.45, 7) is 3.72. The number of hydrogen-bond acceptors (Lipinski definition) is 12. The third-order valence-electron chi connectivity index (χ3n) is 5.16. The van der Waals surface area contributed by atoms with Crippen LogP contribution in [0.3, 0.4) is 0 Å². The molecule has 2 aromatic heterocycles. The van der Waals surface area contributed by atoms with E-state index in [9.17, 15) is 24.0 Å². The Morgan fingerprint density at radius 1 is 1.15 bits per heavy atom. The van der Waals surface area contributed by atoms with Gasteiger partial charge in [-0.3, -0.25) is 24.0 Å². The highest BCUT2D eigenvalue weighted by molar-refractivity contribution is 6.04. The highest BCUT2D eigenvalue weighted by atomic mass is 16.7. The first-order chi connectivity index (χ1) is 16.2. The molecule has 0 saturated carbocycles. The Hall–Kier alpha value is -4.07. The average molecular weight is 475 g/mol. The van der Waals surface area contributed by atoms with Crippen LogP contribution in [0.25, 0.3) is 10.9 Å². The van der Waals surface area contributed by atoms with Crippen molar-refractivity contribution in [3.63, 3.8) is 0 Å². The van der Waals surface area contributed by atoms with Gasteiger partial charge >= 0.3 is 29.0 Å². The minimum absolute atomic E-state index is 0.0488. The van der Waals surface area contributed by atoms with E-state index in [4.69, 9.17) is 18.9 Å². The molecule has 14 nitrogen and oxygen atoms in total. The third kappa shape index (κ3) is 4.26. The maximum absolute atomic E-state index is 12.1. The molecule has 2 N–H and O–H groups in total. The van der Waals surface area contributed by atoms with Gasteiger partial charge in [-0.1, -0.05) is 6.92 Å². The zero-order valence-electron chi connectivity index (χ0n) is 18.4. The summed E-state index contributed by atoms with van der Waals surface area (Å²) in [6, 6.07) is 0. The van der Waals surface area contributed by atoms with Crippen LogP contribution in [0.15, 0.2) is 20.8 Å². The van der Waals surface area contributed by atoms with E-state index in [0.717, 1.165) is 0 Å². The van der Waals surface area contributed by atoms with Crippen LogP contribution in [0, 0.1) is 0 Å². The van der Waals surface area contributed by atoms with E-state index < -0.39 is 53.6 Å². The molecule has 4 heterocycles. The van der Waals surface area contributed by atoms with Gasteiger partial charge in [0.15, 0.2) is 18.4 Å². The standard InChI is InChI=1S/C20H21N5O9/c1-4-12(28)34-14-11(6-31-8(2)26)33-20(15(14)32-9(3)27)25-5-10-13-16(21-7-22-17(13)25)24-19(30)18(29)23-10/h5,7,11,14-15,20H,4,6H2,1-3H3,(H,23,29)(H,21,22,24,30)/t11-,14-,15-,20-/m1/s1. The van der Waals surface area contributed by atoms with E-state index in [1.807, 2.05) is 0 Å². The zero-order chi connectivity index (χ0) is 24.6. The van der Waals surface area contributed by atoms with Gasteiger partial charge < -0.3 is 33.8 Å². The molecule has 0 spiro atoms. The monoisotopic (exact) mass is 475 g/mol. The number of esters is 3. The number of aromatic nitrogens is 3. The number of aromatic amines is 1. The van der Waals surface area contributed by atoms with Gasteiger partial charge in [0.05, 0.1) is 17.2 Å². The van der Waals surface area contributed by atoms with Crippen LogP contribution in [0.4, 0.5) is 11.6 Å². The van der Waals surface area contributed by atoms with Gasteiger partial charge in [0, 0.05) is 26.5 Å². The van der Waals surface area contributed by atoms with Gasteiger partial charge in [0.1, 0.15) is 24.3 Å². The van der Waals surface area contributed by atoms with Crippen LogP contribution >= 0.6 is 0 Å². The molecular weight excluding hydrogens is 454 g/mol. The van der Waals surface area contributed by atoms with Crippen molar-refractivity contribution in [2.24, 2.45) is 4.99 Å². The van der Waals surface area contributed by atoms with Crippen LogP contribution in [-0.4, -0.2) is 63.7 Å². The van der Waals surface area contributed by atoms with E-state index in [2.05, 4.69) is 20.3 Å². The Balaban J connectivity index is 1.84. The second kappa shape index (κ2) is 9.05. The van der Waals surface area contributed by atoms with Gasteiger partial charge in [-0.2, -0.15) is 4.98 Å². The minimum atomic E-state index is -1.15. The van der Waals surface area contributed by atoms with Crippen molar-refractivity contribution in [2.45, 2.75) is 51.7 Å². The van der Waals surface area contributed by atoms with Gasteiger partial charge in [-0.15, -0.1) is 0 Å². The Morgan fingerprint density at radius 3 is 2.59 bits per heavy atom. The fourth-order valence-electron chi connectivity index (χ4n) is 3.77. The SMILES string of the molecule is CCC(=O)O[C@H]1[C@@H](OC(C)=O)[C@H](n2cc3[nH]c(=O)c(=O)nc4c3c2N=CN4)O[C@@H]1COC(C)=O. The summed E-state index contributed by atoms with van der Waals surface area (Å²) in [7, 11) is 0. The predicted octanol–water partition coefficient (Wildman–Crippen LogP) is -0.116. The van der Waals surface area contributed by atoms with E-state index in [0.29, 0.717) is 5.39 Å². The average Bonchev–Trinajstić information content (AvgIpc) is 3.26. The normalized spacial score (nSPS) is 22.8. The summed E-state index contributed by atoms with van der Waals surface area (Å²) in [5.74, 6) is -1.50. The van der Waals surface area contributed by atoms with Crippen molar-refractivity contribution in [1.29, 1.82) is 0 Å². The number of aliphatic imine (C=N–C) groups is 1. The third-order valence-corrected chi connectivity index (χ3v) is 5.16. The summed E-state index contributed by atoms with van der Waals surface area (Å²) in [6.07, 6.45) is -1.56. The van der Waals surface area contributed by atoms with Gasteiger partial charge in [0.2, 0.25) is 0 Å². The number of hydrogen-bond donors (Lipinski definition) is 2. The molecule has 0 amide bonds. The highest BCUT2D eigenvalue weighted by Gasteiger charge is 2.51. The number of nitrogens with zero attached hydrogens (tertiary/aromatic N) is 3. The molecule has 2 aromatic rings. The van der Waals surface area contributed by atoms with E-state index >= 15 is 0 Å². The van der Waals surface area contributed by atoms with Crippen LogP contribution < -0.4 is 16.4 Å². The topological polar surface area (TPSA) is 180 Å². The molecule has 4 rings (SSSR count). The number of carbonyl (C=O) groups is 3. The lowest BCUT2D eigenvalue weighted by Gasteiger charge is -2.24. The van der Waals surface area contributed by atoms with Crippen molar-refractivity contribution in [3.8, 4) is 0 Å². The molecule has 2 aliphatic heterocycles. The minimum Gasteiger partial charge on any atom is -0.463 e. The maximum atomic E-state index is 12.1. The quantitative estimate of drug-likeness (QED) is 0.323. The summed E-state index contributed by atoms with van der Waals surface area (Å²) >= 11 is 0. The molecule has 180 valence electrons. The second-order valence-electron chi connectivity index (χ2n) is 7.52. The summed E-state index contributed by atoms with van der Waals surface area (Å²) in [4.78, 5) is 69.8. The van der Waals surface area contributed by atoms with Crippen molar-refractivity contribution < 1.29 is 33.3 Å².